The third-order valence-electron chi connectivity index (χ3n) is 5.39. The van der Waals surface area contributed by atoms with Crippen LogP contribution in [0.1, 0.15) is 35.7 Å². The molecule has 0 unspecified atom stereocenters. The average Bonchev–Trinajstić information content (AvgIpc) is 3.12. The number of hydrogen-bond acceptors (Lipinski definition) is 4. The van der Waals surface area contributed by atoms with Crippen LogP contribution in [0.2, 0.25) is 0 Å². The van der Waals surface area contributed by atoms with Gasteiger partial charge >= 0.3 is 6.03 Å². The van der Waals surface area contributed by atoms with E-state index in [4.69, 9.17) is 4.52 Å². The monoisotopic (exact) mass is 382 g/mol. The molecule has 3 aromatic rings. The highest BCUT2D eigenvalue weighted by atomic mass is 19.1. The van der Waals surface area contributed by atoms with Crippen molar-refractivity contribution < 1.29 is 13.7 Å². The Kier molecular flexibility index (Phi) is 5.23. The molecule has 4 rings (SSSR count). The summed E-state index contributed by atoms with van der Waals surface area (Å²) in [5, 5.41) is 7.99. The highest BCUT2D eigenvalue weighted by Crippen LogP contribution is 2.32. The summed E-state index contributed by atoms with van der Waals surface area (Å²) in [5.41, 5.74) is 3.48. The van der Waals surface area contributed by atoms with Crippen molar-refractivity contribution in [2.45, 2.75) is 32.1 Å². The molecule has 0 bridgehead atoms. The van der Waals surface area contributed by atoms with Crippen molar-refractivity contribution in [1.82, 2.24) is 20.4 Å². The SMILES string of the molecule is Cc1cccnc1CCNC(=O)N1CCC(c2noc3cc(F)ccc23)CC1. The summed E-state index contributed by atoms with van der Waals surface area (Å²) < 4.78 is 18.6. The molecule has 0 saturated carbocycles. The first kappa shape index (κ1) is 18.4. The number of aromatic nitrogens is 2. The molecule has 28 heavy (non-hydrogen) atoms. The van der Waals surface area contributed by atoms with Gasteiger partial charge in [0.15, 0.2) is 5.58 Å². The number of amides is 2. The molecule has 1 aliphatic heterocycles. The number of pyridine rings is 1. The molecule has 2 amide bonds. The second-order valence-corrected chi connectivity index (χ2v) is 7.22. The Morgan fingerprint density at radius 1 is 1.32 bits per heavy atom. The number of fused-ring (bicyclic) bond motifs is 1. The summed E-state index contributed by atoms with van der Waals surface area (Å²) in [4.78, 5) is 18.6. The minimum Gasteiger partial charge on any atom is -0.356 e. The van der Waals surface area contributed by atoms with E-state index in [2.05, 4.69) is 15.5 Å². The lowest BCUT2D eigenvalue weighted by Crippen LogP contribution is -2.44. The molecule has 1 N–H and O–H groups in total. The average molecular weight is 382 g/mol. The Labute approximate surface area is 162 Å². The van der Waals surface area contributed by atoms with Gasteiger partial charge in [-0.2, -0.15) is 0 Å². The Bertz CT molecular complexity index is 979. The Hall–Kier alpha value is -2.96. The minimum atomic E-state index is -0.331. The van der Waals surface area contributed by atoms with Gasteiger partial charge in [0.05, 0.1) is 5.69 Å². The Balaban J connectivity index is 1.30. The maximum Gasteiger partial charge on any atom is 0.317 e. The van der Waals surface area contributed by atoms with Crippen LogP contribution in [0.4, 0.5) is 9.18 Å². The van der Waals surface area contributed by atoms with Gasteiger partial charge in [-0.15, -0.1) is 0 Å². The standard InChI is InChI=1S/C21H23FN4O2/c1-14-3-2-9-23-18(14)6-10-24-21(27)26-11-7-15(8-12-26)20-17-5-4-16(22)13-19(17)28-25-20/h2-5,9,13,15H,6-8,10-12H2,1H3,(H,24,27). The Morgan fingerprint density at radius 3 is 2.93 bits per heavy atom. The van der Waals surface area contributed by atoms with E-state index in [0.717, 1.165) is 41.6 Å². The predicted molar refractivity (Wildman–Crippen MR) is 104 cm³/mol. The molecule has 7 heteroatoms. The van der Waals surface area contributed by atoms with E-state index in [-0.39, 0.29) is 17.8 Å². The summed E-state index contributed by atoms with van der Waals surface area (Å²) in [6.07, 6.45) is 4.12. The number of halogens is 1. The predicted octanol–water partition coefficient (Wildman–Crippen LogP) is 3.80. The van der Waals surface area contributed by atoms with Gasteiger partial charge in [0, 0.05) is 55.3 Å². The molecule has 1 saturated heterocycles. The molecule has 0 radical (unpaired) electrons. The van der Waals surface area contributed by atoms with Crippen molar-refractivity contribution in [2.24, 2.45) is 0 Å². The number of carbonyl (C=O) groups excluding carboxylic acids is 1. The van der Waals surface area contributed by atoms with Crippen LogP contribution in [0.5, 0.6) is 0 Å². The second kappa shape index (κ2) is 7.96. The molecular formula is C21H23FN4O2. The summed E-state index contributed by atoms with van der Waals surface area (Å²) in [7, 11) is 0. The van der Waals surface area contributed by atoms with Crippen molar-refractivity contribution in [3.63, 3.8) is 0 Å². The van der Waals surface area contributed by atoms with Gasteiger partial charge in [-0.3, -0.25) is 4.98 Å². The van der Waals surface area contributed by atoms with Crippen LogP contribution in [0.3, 0.4) is 0 Å². The maximum absolute atomic E-state index is 13.3. The third-order valence-corrected chi connectivity index (χ3v) is 5.39. The number of piperidine rings is 1. The minimum absolute atomic E-state index is 0.0425. The number of urea groups is 1. The summed E-state index contributed by atoms with van der Waals surface area (Å²) >= 11 is 0. The van der Waals surface area contributed by atoms with Crippen LogP contribution in [-0.4, -0.2) is 40.7 Å². The first-order chi connectivity index (χ1) is 13.6. The molecule has 2 aromatic heterocycles. The van der Waals surface area contributed by atoms with Crippen molar-refractivity contribution in [2.75, 3.05) is 19.6 Å². The molecule has 146 valence electrons. The van der Waals surface area contributed by atoms with Gasteiger partial charge in [0.2, 0.25) is 0 Å². The molecule has 6 nitrogen and oxygen atoms in total. The fraction of sp³-hybridized carbons (Fsp3) is 0.381. The first-order valence-electron chi connectivity index (χ1n) is 9.60. The van der Waals surface area contributed by atoms with Crippen LogP contribution in [0, 0.1) is 12.7 Å². The molecule has 1 aromatic carbocycles. The number of carbonyl (C=O) groups is 1. The van der Waals surface area contributed by atoms with Gasteiger partial charge in [-0.05, 0) is 43.5 Å². The lowest BCUT2D eigenvalue weighted by molar-refractivity contribution is 0.180. The van der Waals surface area contributed by atoms with Gasteiger partial charge in [0.1, 0.15) is 5.82 Å². The molecule has 1 fully saturated rings. The number of nitrogens with zero attached hydrogens (tertiary/aromatic N) is 3. The topological polar surface area (TPSA) is 71.3 Å². The number of benzene rings is 1. The largest absolute Gasteiger partial charge is 0.356 e. The number of aryl methyl sites for hydroxylation is 1. The fourth-order valence-electron chi connectivity index (χ4n) is 3.76. The smallest absolute Gasteiger partial charge is 0.317 e. The molecule has 1 aliphatic rings. The van der Waals surface area contributed by atoms with E-state index < -0.39 is 0 Å². The zero-order chi connectivity index (χ0) is 19.5. The van der Waals surface area contributed by atoms with Crippen molar-refractivity contribution >= 4 is 17.0 Å². The van der Waals surface area contributed by atoms with Gasteiger partial charge in [-0.25, -0.2) is 9.18 Å². The summed E-state index contributed by atoms with van der Waals surface area (Å²) in [6.45, 7) is 3.91. The van der Waals surface area contributed by atoms with Crippen molar-refractivity contribution in [1.29, 1.82) is 0 Å². The lowest BCUT2D eigenvalue weighted by atomic mass is 9.92. The number of hydrogen-bond donors (Lipinski definition) is 1. The molecule has 0 aliphatic carbocycles. The zero-order valence-corrected chi connectivity index (χ0v) is 15.8. The highest BCUT2D eigenvalue weighted by molar-refractivity contribution is 5.80. The van der Waals surface area contributed by atoms with Crippen LogP contribution in [0.15, 0.2) is 41.1 Å². The van der Waals surface area contributed by atoms with E-state index in [9.17, 15) is 9.18 Å². The van der Waals surface area contributed by atoms with Crippen LogP contribution >= 0.6 is 0 Å². The van der Waals surface area contributed by atoms with Gasteiger partial charge < -0.3 is 14.7 Å². The van der Waals surface area contributed by atoms with Crippen LogP contribution < -0.4 is 5.32 Å². The van der Waals surface area contributed by atoms with Gasteiger partial charge in [0.25, 0.3) is 0 Å². The number of nitrogens with one attached hydrogen (secondary N) is 1. The second-order valence-electron chi connectivity index (χ2n) is 7.22. The summed E-state index contributed by atoms with van der Waals surface area (Å²) in [5.74, 6) is -0.116. The van der Waals surface area contributed by atoms with E-state index in [1.54, 1.807) is 12.3 Å². The number of likely N-dealkylation sites (tertiary alicyclic amines) is 1. The van der Waals surface area contributed by atoms with Crippen molar-refractivity contribution in [3.05, 3.63) is 59.3 Å². The van der Waals surface area contributed by atoms with Crippen LogP contribution in [0.25, 0.3) is 11.0 Å². The maximum atomic E-state index is 13.3. The lowest BCUT2D eigenvalue weighted by Gasteiger charge is -2.31. The zero-order valence-electron chi connectivity index (χ0n) is 15.8. The fourth-order valence-corrected chi connectivity index (χ4v) is 3.76. The normalized spacial score (nSPS) is 15.1. The third kappa shape index (κ3) is 3.83. The first-order valence-corrected chi connectivity index (χ1v) is 9.60. The molecule has 0 atom stereocenters. The molecule has 3 heterocycles. The van der Waals surface area contributed by atoms with Crippen LogP contribution in [-0.2, 0) is 6.42 Å². The highest BCUT2D eigenvalue weighted by Gasteiger charge is 2.27. The number of rotatable bonds is 4. The van der Waals surface area contributed by atoms with E-state index in [0.29, 0.717) is 25.2 Å². The van der Waals surface area contributed by atoms with Gasteiger partial charge in [-0.1, -0.05) is 11.2 Å². The Morgan fingerprint density at radius 2 is 2.14 bits per heavy atom. The summed E-state index contributed by atoms with van der Waals surface area (Å²) in [6, 6.07) is 8.40. The van der Waals surface area contributed by atoms with E-state index in [1.807, 2.05) is 24.0 Å². The quantitative estimate of drug-likeness (QED) is 0.745. The van der Waals surface area contributed by atoms with E-state index in [1.165, 1.54) is 12.1 Å². The molecule has 0 spiro atoms. The molecular weight excluding hydrogens is 359 g/mol. The van der Waals surface area contributed by atoms with Crippen molar-refractivity contribution in [3.8, 4) is 0 Å². The van der Waals surface area contributed by atoms with E-state index >= 15 is 0 Å².